The summed E-state index contributed by atoms with van der Waals surface area (Å²) in [7, 11) is 0. The summed E-state index contributed by atoms with van der Waals surface area (Å²) < 4.78 is 7.44. The fourth-order valence-electron chi connectivity index (χ4n) is 2.75. The Morgan fingerprint density at radius 3 is 2.89 bits per heavy atom. The highest BCUT2D eigenvalue weighted by molar-refractivity contribution is 7.99. The van der Waals surface area contributed by atoms with Gasteiger partial charge in [-0.2, -0.15) is 0 Å². The average molecular weight is 412 g/mol. The molecule has 0 unspecified atom stereocenters. The number of nitrogens with zero attached hydrogens (tertiary/aromatic N) is 7. The number of rotatable bonds is 6. The van der Waals surface area contributed by atoms with E-state index in [4.69, 9.17) is 16.0 Å². The quantitative estimate of drug-likeness (QED) is 0.441. The largest absolute Gasteiger partial charge is 0.467 e. The summed E-state index contributed by atoms with van der Waals surface area (Å²) in [6, 6.07) is 5.49. The van der Waals surface area contributed by atoms with Gasteiger partial charge in [0.2, 0.25) is 0 Å². The molecule has 1 saturated carbocycles. The van der Waals surface area contributed by atoms with Gasteiger partial charge in [-0.15, -0.1) is 10.2 Å². The van der Waals surface area contributed by atoms with Crippen LogP contribution in [0.1, 0.15) is 30.3 Å². The maximum Gasteiger partial charge on any atom is 0.198 e. The molecular formula is C18H14ClN7OS. The highest BCUT2D eigenvalue weighted by atomic mass is 35.5. The molecule has 0 atom stereocenters. The normalized spacial score (nSPS) is 13.8. The molecule has 4 heterocycles. The molecule has 0 spiro atoms. The van der Waals surface area contributed by atoms with Gasteiger partial charge in [0.1, 0.15) is 27.5 Å². The van der Waals surface area contributed by atoms with E-state index in [-0.39, 0.29) is 0 Å². The fourth-order valence-corrected chi connectivity index (χ4v) is 3.85. The van der Waals surface area contributed by atoms with Crippen LogP contribution in [0.2, 0.25) is 5.15 Å². The summed E-state index contributed by atoms with van der Waals surface area (Å²) >= 11 is 7.59. The lowest BCUT2D eigenvalue weighted by molar-refractivity contribution is 0.485. The van der Waals surface area contributed by atoms with Gasteiger partial charge in [0.25, 0.3) is 0 Å². The topological polar surface area (TPSA) is 95.4 Å². The van der Waals surface area contributed by atoms with Crippen LogP contribution in [-0.2, 0) is 6.54 Å². The van der Waals surface area contributed by atoms with Crippen molar-refractivity contribution < 1.29 is 4.42 Å². The van der Waals surface area contributed by atoms with Crippen LogP contribution in [0.4, 0.5) is 0 Å². The molecule has 0 aliphatic heterocycles. The molecular weight excluding hydrogens is 398 g/mol. The third-order valence-corrected chi connectivity index (χ3v) is 5.33. The van der Waals surface area contributed by atoms with Crippen LogP contribution in [0.5, 0.6) is 0 Å². The van der Waals surface area contributed by atoms with Gasteiger partial charge >= 0.3 is 0 Å². The first-order valence-corrected chi connectivity index (χ1v) is 9.90. The molecule has 4 aromatic heterocycles. The molecule has 0 bridgehead atoms. The van der Waals surface area contributed by atoms with Crippen LogP contribution in [0.15, 0.2) is 57.7 Å². The van der Waals surface area contributed by atoms with E-state index < -0.39 is 0 Å². The first-order chi connectivity index (χ1) is 13.8. The van der Waals surface area contributed by atoms with Crippen LogP contribution in [0.3, 0.4) is 0 Å². The van der Waals surface area contributed by atoms with Crippen LogP contribution >= 0.6 is 23.4 Å². The van der Waals surface area contributed by atoms with Crippen molar-refractivity contribution in [1.29, 1.82) is 0 Å². The molecule has 1 fully saturated rings. The van der Waals surface area contributed by atoms with E-state index in [2.05, 4.69) is 30.1 Å². The SMILES string of the molecule is Clc1cc(Sc2nnc(-c3cnccn3)n2Cc2ccco2)nc(C2CC2)n1. The van der Waals surface area contributed by atoms with E-state index in [0.717, 1.165) is 29.5 Å². The van der Waals surface area contributed by atoms with Gasteiger partial charge in [-0.3, -0.25) is 9.55 Å². The first-order valence-electron chi connectivity index (χ1n) is 8.70. The van der Waals surface area contributed by atoms with Crippen molar-refractivity contribution in [2.75, 3.05) is 0 Å². The summed E-state index contributed by atoms with van der Waals surface area (Å²) in [6.07, 6.45) is 8.76. The van der Waals surface area contributed by atoms with E-state index in [1.807, 2.05) is 16.7 Å². The smallest absolute Gasteiger partial charge is 0.198 e. The molecule has 4 aromatic rings. The summed E-state index contributed by atoms with van der Waals surface area (Å²) in [5.41, 5.74) is 0.632. The van der Waals surface area contributed by atoms with Crippen molar-refractivity contribution in [2.45, 2.75) is 35.5 Å². The van der Waals surface area contributed by atoms with Gasteiger partial charge in [0.15, 0.2) is 11.0 Å². The maximum atomic E-state index is 6.20. The second-order valence-electron chi connectivity index (χ2n) is 6.33. The molecule has 1 aliphatic rings. The van der Waals surface area contributed by atoms with Crippen LogP contribution in [0.25, 0.3) is 11.5 Å². The van der Waals surface area contributed by atoms with Gasteiger partial charge in [-0.25, -0.2) is 15.0 Å². The summed E-state index contributed by atoms with van der Waals surface area (Å²) in [6.45, 7) is 0.461. The molecule has 0 radical (unpaired) electrons. The minimum absolute atomic E-state index is 0.411. The third-order valence-electron chi connectivity index (χ3n) is 4.23. The van der Waals surface area contributed by atoms with Crippen molar-refractivity contribution in [3.8, 4) is 11.5 Å². The molecule has 0 aromatic carbocycles. The van der Waals surface area contributed by atoms with Gasteiger partial charge in [0, 0.05) is 24.4 Å². The van der Waals surface area contributed by atoms with Crippen molar-refractivity contribution in [3.63, 3.8) is 0 Å². The summed E-state index contributed by atoms with van der Waals surface area (Å²) in [4.78, 5) is 17.5. The molecule has 0 N–H and O–H groups in total. The van der Waals surface area contributed by atoms with Crippen molar-refractivity contribution in [1.82, 2.24) is 34.7 Å². The molecule has 140 valence electrons. The predicted molar refractivity (Wildman–Crippen MR) is 102 cm³/mol. The minimum atomic E-state index is 0.411. The Hall–Kier alpha value is -2.78. The number of halogens is 1. The van der Waals surface area contributed by atoms with Gasteiger partial charge in [-0.05, 0) is 36.7 Å². The van der Waals surface area contributed by atoms with Crippen molar-refractivity contribution in [2.24, 2.45) is 0 Å². The summed E-state index contributed by atoms with van der Waals surface area (Å²) in [5, 5.41) is 10.5. The summed E-state index contributed by atoms with van der Waals surface area (Å²) in [5.74, 6) is 2.59. The fraction of sp³-hybridized carbons (Fsp3) is 0.222. The number of furan rings is 1. The predicted octanol–water partition coefficient (Wildman–Crippen LogP) is 3.85. The zero-order valence-corrected chi connectivity index (χ0v) is 16.1. The third kappa shape index (κ3) is 3.63. The maximum absolute atomic E-state index is 6.20. The zero-order chi connectivity index (χ0) is 18.9. The lowest BCUT2D eigenvalue weighted by Gasteiger charge is -2.08. The van der Waals surface area contributed by atoms with E-state index in [0.29, 0.717) is 34.3 Å². The average Bonchev–Trinajstić information content (AvgIpc) is 3.31. The minimum Gasteiger partial charge on any atom is -0.467 e. The van der Waals surface area contributed by atoms with E-state index in [9.17, 15) is 0 Å². The van der Waals surface area contributed by atoms with Crippen LogP contribution in [0, 0.1) is 0 Å². The van der Waals surface area contributed by atoms with Crippen LogP contribution < -0.4 is 0 Å². The molecule has 10 heteroatoms. The molecule has 0 saturated heterocycles. The monoisotopic (exact) mass is 411 g/mol. The molecule has 1 aliphatic carbocycles. The Morgan fingerprint density at radius 2 is 2.14 bits per heavy atom. The Bertz CT molecular complexity index is 1100. The van der Waals surface area contributed by atoms with E-state index in [1.54, 1.807) is 30.9 Å². The molecule has 5 rings (SSSR count). The van der Waals surface area contributed by atoms with Crippen molar-refractivity contribution >= 4 is 23.4 Å². The van der Waals surface area contributed by atoms with Gasteiger partial charge in [-0.1, -0.05) is 11.6 Å². The lowest BCUT2D eigenvalue weighted by atomic mass is 10.4. The van der Waals surface area contributed by atoms with Gasteiger partial charge < -0.3 is 4.42 Å². The Balaban J connectivity index is 1.53. The highest BCUT2D eigenvalue weighted by Gasteiger charge is 2.27. The van der Waals surface area contributed by atoms with Crippen molar-refractivity contribution in [3.05, 3.63) is 59.8 Å². The Morgan fingerprint density at radius 1 is 1.21 bits per heavy atom. The van der Waals surface area contributed by atoms with E-state index in [1.165, 1.54) is 11.8 Å². The zero-order valence-electron chi connectivity index (χ0n) is 14.6. The van der Waals surface area contributed by atoms with Crippen LogP contribution in [-0.4, -0.2) is 34.7 Å². The Labute approximate surface area is 169 Å². The first kappa shape index (κ1) is 17.3. The standard InChI is InChI=1S/C18H14ClN7OS/c19-14-8-15(23-16(22-14)11-3-4-11)28-18-25-24-17(13-9-20-5-6-21-13)26(18)10-12-2-1-7-27-12/h1-2,5-9,11H,3-4,10H2. The highest BCUT2D eigenvalue weighted by Crippen LogP contribution is 2.39. The second kappa shape index (κ2) is 7.33. The van der Waals surface area contributed by atoms with Gasteiger partial charge in [0.05, 0.1) is 19.0 Å². The second-order valence-corrected chi connectivity index (χ2v) is 7.70. The number of hydrogen-bond acceptors (Lipinski definition) is 8. The number of aromatic nitrogens is 7. The Kier molecular flexibility index (Phi) is 4.53. The molecule has 28 heavy (non-hydrogen) atoms. The molecule has 8 nitrogen and oxygen atoms in total. The lowest BCUT2D eigenvalue weighted by Crippen LogP contribution is -2.04. The number of hydrogen-bond donors (Lipinski definition) is 0. The van der Waals surface area contributed by atoms with E-state index >= 15 is 0 Å². The molecule has 0 amide bonds.